The third-order valence-electron chi connectivity index (χ3n) is 2.58. The molecule has 0 bridgehead atoms. The highest BCUT2D eigenvalue weighted by Gasteiger charge is 2.16. The fourth-order valence-corrected chi connectivity index (χ4v) is 1.76. The molecule has 0 spiro atoms. The Kier molecular flexibility index (Phi) is 3.69. The molecule has 0 fully saturated rings. The normalized spacial score (nSPS) is 12.7. The second-order valence-electron chi connectivity index (χ2n) is 3.75. The predicted octanol–water partition coefficient (Wildman–Crippen LogP) is 4.39. The Labute approximate surface area is 110 Å². The molecule has 2 aromatic rings. The summed E-state index contributed by atoms with van der Waals surface area (Å²) in [5, 5.41) is 4.34. The highest BCUT2D eigenvalue weighted by atomic mass is 35.5. The molecule has 0 saturated carbocycles. The third kappa shape index (κ3) is 2.45. The van der Waals surface area contributed by atoms with Gasteiger partial charge in [0.05, 0.1) is 5.38 Å². The number of hydrogen-bond acceptors (Lipinski definition) is 3. The third-order valence-corrected chi connectivity index (χ3v) is 3.49. The Morgan fingerprint density at radius 2 is 2.18 bits per heavy atom. The zero-order chi connectivity index (χ0) is 12.4. The van der Waals surface area contributed by atoms with Crippen molar-refractivity contribution in [1.29, 1.82) is 0 Å². The van der Waals surface area contributed by atoms with E-state index < -0.39 is 0 Å². The lowest BCUT2D eigenvalue weighted by Gasteiger charge is -2.01. The lowest BCUT2D eigenvalue weighted by Crippen LogP contribution is -1.91. The molecule has 0 aliphatic carbocycles. The van der Waals surface area contributed by atoms with Crippen molar-refractivity contribution in [3.8, 4) is 11.5 Å². The van der Waals surface area contributed by atoms with Crippen LogP contribution in [-0.4, -0.2) is 10.1 Å². The van der Waals surface area contributed by atoms with Gasteiger partial charge in [0.15, 0.2) is 5.82 Å². The van der Waals surface area contributed by atoms with Gasteiger partial charge in [-0.3, -0.25) is 0 Å². The summed E-state index contributed by atoms with van der Waals surface area (Å²) >= 11 is 12.1. The molecular formula is C12H12Cl2N2O. The van der Waals surface area contributed by atoms with Crippen LogP contribution in [0.2, 0.25) is 5.02 Å². The van der Waals surface area contributed by atoms with Crippen LogP contribution >= 0.6 is 23.2 Å². The van der Waals surface area contributed by atoms with E-state index >= 15 is 0 Å². The molecule has 1 atom stereocenters. The monoisotopic (exact) mass is 270 g/mol. The van der Waals surface area contributed by atoms with Crippen LogP contribution in [0, 0.1) is 6.92 Å². The number of benzene rings is 1. The quantitative estimate of drug-likeness (QED) is 0.777. The Hall–Kier alpha value is -1.06. The van der Waals surface area contributed by atoms with Gasteiger partial charge >= 0.3 is 0 Å². The van der Waals surface area contributed by atoms with Gasteiger partial charge in [-0.2, -0.15) is 4.98 Å². The number of nitrogens with zero attached hydrogens (tertiary/aromatic N) is 2. The zero-order valence-electron chi connectivity index (χ0n) is 9.58. The molecule has 5 heteroatoms. The first-order valence-corrected chi connectivity index (χ1v) is 6.18. The minimum Gasteiger partial charge on any atom is -0.334 e. The van der Waals surface area contributed by atoms with Crippen LogP contribution in [0.5, 0.6) is 0 Å². The summed E-state index contributed by atoms with van der Waals surface area (Å²) in [6.45, 7) is 3.89. The number of alkyl halides is 1. The van der Waals surface area contributed by atoms with E-state index in [4.69, 9.17) is 27.7 Å². The van der Waals surface area contributed by atoms with Crippen LogP contribution in [0.25, 0.3) is 11.5 Å². The topological polar surface area (TPSA) is 38.9 Å². The number of rotatable bonds is 3. The molecule has 17 heavy (non-hydrogen) atoms. The fourth-order valence-electron chi connectivity index (χ4n) is 1.49. The molecule has 1 aromatic heterocycles. The smallest absolute Gasteiger partial charge is 0.258 e. The summed E-state index contributed by atoms with van der Waals surface area (Å²) < 4.78 is 5.21. The SMILES string of the molecule is CCC(Cl)c1noc(-c2cccc(Cl)c2C)n1. The van der Waals surface area contributed by atoms with Gasteiger partial charge in [0, 0.05) is 10.6 Å². The van der Waals surface area contributed by atoms with Crippen LogP contribution in [0.15, 0.2) is 22.7 Å². The second-order valence-corrected chi connectivity index (χ2v) is 4.68. The van der Waals surface area contributed by atoms with Crippen molar-refractivity contribution in [3.05, 3.63) is 34.6 Å². The summed E-state index contributed by atoms with van der Waals surface area (Å²) in [4.78, 5) is 4.28. The Bertz CT molecular complexity index is 525. The van der Waals surface area contributed by atoms with Gasteiger partial charge in [-0.05, 0) is 31.0 Å². The van der Waals surface area contributed by atoms with Crippen LogP contribution in [0.1, 0.15) is 30.1 Å². The van der Waals surface area contributed by atoms with E-state index in [0.717, 1.165) is 17.5 Å². The van der Waals surface area contributed by atoms with Crippen molar-refractivity contribution < 1.29 is 4.52 Å². The van der Waals surface area contributed by atoms with Gasteiger partial charge < -0.3 is 4.52 Å². The van der Waals surface area contributed by atoms with Crippen LogP contribution in [-0.2, 0) is 0 Å². The second kappa shape index (κ2) is 5.07. The van der Waals surface area contributed by atoms with Gasteiger partial charge in [-0.25, -0.2) is 0 Å². The minimum absolute atomic E-state index is 0.216. The van der Waals surface area contributed by atoms with E-state index in [1.165, 1.54) is 0 Å². The average Bonchev–Trinajstić information content (AvgIpc) is 2.81. The maximum absolute atomic E-state index is 6.05. The predicted molar refractivity (Wildman–Crippen MR) is 68.4 cm³/mol. The lowest BCUT2D eigenvalue weighted by atomic mass is 10.1. The molecule has 0 aliphatic rings. The van der Waals surface area contributed by atoms with E-state index in [2.05, 4.69) is 10.1 Å². The fraction of sp³-hybridized carbons (Fsp3) is 0.333. The molecule has 1 unspecified atom stereocenters. The summed E-state index contributed by atoms with van der Waals surface area (Å²) in [5.74, 6) is 0.975. The van der Waals surface area contributed by atoms with Crippen molar-refractivity contribution in [2.24, 2.45) is 0 Å². The summed E-state index contributed by atoms with van der Waals surface area (Å²) in [6.07, 6.45) is 0.759. The molecule has 0 aliphatic heterocycles. The first-order chi connectivity index (χ1) is 8.13. The van der Waals surface area contributed by atoms with Crippen molar-refractivity contribution >= 4 is 23.2 Å². The molecule has 0 saturated heterocycles. The zero-order valence-corrected chi connectivity index (χ0v) is 11.1. The van der Waals surface area contributed by atoms with Crippen LogP contribution in [0.4, 0.5) is 0 Å². The van der Waals surface area contributed by atoms with E-state index in [0.29, 0.717) is 16.7 Å². The summed E-state index contributed by atoms with van der Waals surface area (Å²) in [7, 11) is 0. The molecule has 90 valence electrons. The van der Waals surface area contributed by atoms with E-state index in [1.54, 1.807) is 0 Å². The van der Waals surface area contributed by atoms with Crippen LogP contribution in [0.3, 0.4) is 0 Å². The molecular weight excluding hydrogens is 259 g/mol. The molecule has 0 amide bonds. The Morgan fingerprint density at radius 3 is 2.88 bits per heavy atom. The molecule has 0 radical (unpaired) electrons. The molecule has 2 rings (SSSR count). The van der Waals surface area contributed by atoms with Crippen molar-refractivity contribution in [3.63, 3.8) is 0 Å². The molecule has 1 heterocycles. The molecule has 0 N–H and O–H groups in total. The summed E-state index contributed by atoms with van der Waals surface area (Å²) in [6, 6.07) is 5.58. The van der Waals surface area contributed by atoms with E-state index in [-0.39, 0.29) is 5.38 Å². The standard InChI is InChI=1S/C12H12Cl2N2O/c1-3-9(13)11-15-12(17-16-11)8-5-4-6-10(14)7(8)2/h4-6,9H,3H2,1-2H3. The van der Waals surface area contributed by atoms with E-state index in [1.807, 2.05) is 32.0 Å². The number of halogens is 2. The van der Waals surface area contributed by atoms with Crippen LogP contribution < -0.4 is 0 Å². The van der Waals surface area contributed by atoms with Gasteiger partial charge in [0.2, 0.25) is 0 Å². The maximum atomic E-state index is 6.05. The first kappa shape index (κ1) is 12.4. The van der Waals surface area contributed by atoms with Gasteiger partial charge in [-0.1, -0.05) is 29.7 Å². The highest BCUT2D eigenvalue weighted by Crippen LogP contribution is 2.29. The molecule has 1 aromatic carbocycles. The maximum Gasteiger partial charge on any atom is 0.258 e. The highest BCUT2D eigenvalue weighted by molar-refractivity contribution is 6.31. The lowest BCUT2D eigenvalue weighted by molar-refractivity contribution is 0.421. The van der Waals surface area contributed by atoms with E-state index in [9.17, 15) is 0 Å². The summed E-state index contributed by atoms with van der Waals surface area (Å²) in [5.41, 5.74) is 1.77. The van der Waals surface area contributed by atoms with Gasteiger partial charge in [0.25, 0.3) is 5.89 Å². The van der Waals surface area contributed by atoms with Crippen molar-refractivity contribution in [2.45, 2.75) is 25.6 Å². The van der Waals surface area contributed by atoms with Crippen molar-refractivity contribution in [1.82, 2.24) is 10.1 Å². The largest absolute Gasteiger partial charge is 0.334 e. The number of aromatic nitrogens is 2. The Morgan fingerprint density at radius 1 is 1.41 bits per heavy atom. The molecule has 3 nitrogen and oxygen atoms in total. The average molecular weight is 271 g/mol. The van der Waals surface area contributed by atoms with Gasteiger partial charge in [-0.15, -0.1) is 11.6 Å². The first-order valence-electron chi connectivity index (χ1n) is 5.36. The minimum atomic E-state index is -0.216. The van der Waals surface area contributed by atoms with Gasteiger partial charge in [0.1, 0.15) is 0 Å². The Balaban J connectivity index is 2.40. The number of hydrogen-bond donors (Lipinski definition) is 0. The van der Waals surface area contributed by atoms with Crippen molar-refractivity contribution in [2.75, 3.05) is 0 Å².